The molecule has 2 aliphatic rings. The summed E-state index contributed by atoms with van der Waals surface area (Å²) in [6.45, 7) is 11.8. The molecular formula is C16H31NO. The molecule has 6 atom stereocenters. The third-order valence-electron chi connectivity index (χ3n) is 5.39. The van der Waals surface area contributed by atoms with Crippen molar-refractivity contribution in [1.29, 1.82) is 0 Å². The molecule has 1 saturated heterocycles. The molecule has 6 unspecified atom stereocenters. The van der Waals surface area contributed by atoms with Crippen molar-refractivity contribution in [3.05, 3.63) is 0 Å². The predicted molar refractivity (Wildman–Crippen MR) is 76.5 cm³/mol. The minimum atomic E-state index is -0.0547. The maximum absolute atomic E-state index is 10.2. The Labute approximate surface area is 113 Å². The number of nitrogens with zero attached hydrogens (tertiary/aromatic N) is 1. The van der Waals surface area contributed by atoms with Crippen LogP contribution in [0, 0.1) is 23.7 Å². The molecule has 1 aliphatic carbocycles. The van der Waals surface area contributed by atoms with Crippen LogP contribution in [0.5, 0.6) is 0 Å². The van der Waals surface area contributed by atoms with Gasteiger partial charge in [0.15, 0.2) is 0 Å². The Kier molecular flexibility index (Phi) is 4.71. The van der Waals surface area contributed by atoms with Gasteiger partial charge in [0.25, 0.3) is 0 Å². The van der Waals surface area contributed by atoms with E-state index in [0.29, 0.717) is 12.0 Å². The maximum atomic E-state index is 10.2. The minimum absolute atomic E-state index is 0.0547. The Bertz CT molecular complexity index is 268. The van der Waals surface area contributed by atoms with E-state index in [9.17, 15) is 5.11 Å². The number of hydrogen-bond acceptors (Lipinski definition) is 2. The zero-order valence-electron chi connectivity index (χ0n) is 12.6. The second-order valence-corrected chi connectivity index (χ2v) is 7.26. The number of likely N-dealkylation sites (tertiary alicyclic amines) is 1. The monoisotopic (exact) mass is 253 g/mol. The SMILES string of the molecule is CC1CCC(O)C(CN2CC(C)CC(C)C2C)C1. The Morgan fingerprint density at radius 1 is 1.00 bits per heavy atom. The molecule has 1 heterocycles. The average molecular weight is 253 g/mol. The van der Waals surface area contributed by atoms with Crippen LogP contribution >= 0.6 is 0 Å². The molecular weight excluding hydrogens is 222 g/mol. The van der Waals surface area contributed by atoms with E-state index in [2.05, 4.69) is 32.6 Å². The molecule has 0 aromatic carbocycles. The van der Waals surface area contributed by atoms with Gasteiger partial charge in [-0.2, -0.15) is 0 Å². The van der Waals surface area contributed by atoms with E-state index in [-0.39, 0.29) is 6.10 Å². The zero-order valence-corrected chi connectivity index (χ0v) is 12.6. The molecule has 0 bridgehead atoms. The summed E-state index contributed by atoms with van der Waals surface area (Å²) < 4.78 is 0. The van der Waals surface area contributed by atoms with Gasteiger partial charge in [0.1, 0.15) is 0 Å². The number of piperidine rings is 1. The highest BCUT2D eigenvalue weighted by Gasteiger charge is 2.34. The summed E-state index contributed by atoms with van der Waals surface area (Å²) in [6.07, 6.45) is 4.74. The largest absolute Gasteiger partial charge is 0.393 e. The molecule has 0 aromatic rings. The Morgan fingerprint density at radius 2 is 1.72 bits per heavy atom. The second kappa shape index (κ2) is 5.92. The lowest BCUT2D eigenvalue weighted by molar-refractivity contribution is -0.00121. The van der Waals surface area contributed by atoms with Crippen LogP contribution in [0.3, 0.4) is 0 Å². The topological polar surface area (TPSA) is 23.5 Å². The molecule has 2 fully saturated rings. The molecule has 1 N–H and O–H groups in total. The lowest BCUT2D eigenvalue weighted by Crippen LogP contribution is -2.49. The molecule has 1 saturated carbocycles. The molecule has 2 nitrogen and oxygen atoms in total. The lowest BCUT2D eigenvalue weighted by Gasteiger charge is -2.44. The summed E-state index contributed by atoms with van der Waals surface area (Å²) in [5.74, 6) is 2.92. The van der Waals surface area contributed by atoms with Gasteiger partial charge in [0, 0.05) is 19.1 Å². The molecule has 0 aromatic heterocycles. The van der Waals surface area contributed by atoms with Gasteiger partial charge in [0.05, 0.1) is 6.10 Å². The first kappa shape index (κ1) is 14.3. The van der Waals surface area contributed by atoms with Crippen LogP contribution in [0.1, 0.15) is 53.4 Å². The standard InChI is InChI=1S/C16H31NO/c1-11-5-6-16(18)15(8-11)10-17-9-12(2)7-13(3)14(17)4/h11-16,18H,5-10H2,1-4H3. The summed E-state index contributed by atoms with van der Waals surface area (Å²) in [5.41, 5.74) is 0. The van der Waals surface area contributed by atoms with Crippen LogP contribution in [0.4, 0.5) is 0 Å². The smallest absolute Gasteiger partial charge is 0.0580 e. The van der Waals surface area contributed by atoms with E-state index < -0.39 is 0 Å². The van der Waals surface area contributed by atoms with Gasteiger partial charge in [0.2, 0.25) is 0 Å². The average Bonchev–Trinajstić information content (AvgIpc) is 2.30. The predicted octanol–water partition coefficient (Wildman–Crippen LogP) is 3.15. The van der Waals surface area contributed by atoms with E-state index in [1.54, 1.807) is 0 Å². The van der Waals surface area contributed by atoms with Crippen molar-refractivity contribution in [2.45, 2.75) is 65.5 Å². The summed E-state index contributed by atoms with van der Waals surface area (Å²) in [5, 5.41) is 10.2. The lowest BCUT2D eigenvalue weighted by atomic mass is 9.78. The van der Waals surface area contributed by atoms with Crippen molar-refractivity contribution in [3.63, 3.8) is 0 Å². The van der Waals surface area contributed by atoms with Gasteiger partial charge >= 0.3 is 0 Å². The van der Waals surface area contributed by atoms with Crippen molar-refractivity contribution >= 4 is 0 Å². The van der Waals surface area contributed by atoms with Crippen molar-refractivity contribution < 1.29 is 5.11 Å². The van der Waals surface area contributed by atoms with Gasteiger partial charge in [-0.15, -0.1) is 0 Å². The molecule has 18 heavy (non-hydrogen) atoms. The van der Waals surface area contributed by atoms with Crippen LogP contribution in [-0.4, -0.2) is 35.2 Å². The fraction of sp³-hybridized carbons (Fsp3) is 1.00. The number of hydrogen-bond donors (Lipinski definition) is 1. The van der Waals surface area contributed by atoms with Crippen LogP contribution < -0.4 is 0 Å². The van der Waals surface area contributed by atoms with Crippen molar-refractivity contribution in [2.24, 2.45) is 23.7 Å². The van der Waals surface area contributed by atoms with Gasteiger partial charge in [-0.1, -0.05) is 20.8 Å². The Morgan fingerprint density at radius 3 is 2.44 bits per heavy atom. The van der Waals surface area contributed by atoms with Crippen LogP contribution in [-0.2, 0) is 0 Å². The van der Waals surface area contributed by atoms with Crippen LogP contribution in [0.25, 0.3) is 0 Å². The summed E-state index contributed by atoms with van der Waals surface area (Å²) >= 11 is 0. The van der Waals surface area contributed by atoms with Crippen molar-refractivity contribution in [3.8, 4) is 0 Å². The Balaban J connectivity index is 1.94. The molecule has 0 amide bonds. The molecule has 1 aliphatic heterocycles. The zero-order chi connectivity index (χ0) is 13.3. The first-order valence-electron chi connectivity index (χ1n) is 7.89. The summed E-state index contributed by atoms with van der Waals surface area (Å²) in [4.78, 5) is 2.64. The molecule has 0 spiro atoms. The van der Waals surface area contributed by atoms with Gasteiger partial charge in [-0.25, -0.2) is 0 Å². The summed E-state index contributed by atoms with van der Waals surface area (Å²) in [6, 6.07) is 0.686. The van der Waals surface area contributed by atoms with Gasteiger partial charge in [-0.05, 0) is 56.3 Å². The highest BCUT2D eigenvalue weighted by molar-refractivity contribution is 4.86. The van der Waals surface area contributed by atoms with Crippen LogP contribution in [0.2, 0.25) is 0 Å². The third-order valence-corrected chi connectivity index (χ3v) is 5.39. The van der Waals surface area contributed by atoms with Gasteiger partial charge in [-0.3, -0.25) is 4.90 Å². The normalized spacial score (nSPS) is 47.2. The van der Waals surface area contributed by atoms with Crippen molar-refractivity contribution in [2.75, 3.05) is 13.1 Å². The molecule has 2 rings (SSSR count). The highest BCUT2D eigenvalue weighted by Crippen LogP contribution is 2.33. The molecule has 106 valence electrons. The van der Waals surface area contributed by atoms with Gasteiger partial charge < -0.3 is 5.11 Å². The van der Waals surface area contributed by atoms with Crippen LogP contribution in [0.15, 0.2) is 0 Å². The van der Waals surface area contributed by atoms with E-state index >= 15 is 0 Å². The fourth-order valence-electron chi connectivity index (χ4n) is 4.05. The number of rotatable bonds is 2. The molecule has 0 radical (unpaired) electrons. The first-order valence-corrected chi connectivity index (χ1v) is 7.89. The van der Waals surface area contributed by atoms with E-state index in [1.807, 2.05) is 0 Å². The number of aliphatic hydroxyl groups excluding tert-OH is 1. The van der Waals surface area contributed by atoms with Crippen molar-refractivity contribution in [1.82, 2.24) is 4.90 Å². The maximum Gasteiger partial charge on any atom is 0.0580 e. The van der Waals surface area contributed by atoms with E-state index in [0.717, 1.165) is 30.7 Å². The second-order valence-electron chi connectivity index (χ2n) is 7.26. The third kappa shape index (κ3) is 3.27. The highest BCUT2D eigenvalue weighted by atomic mass is 16.3. The minimum Gasteiger partial charge on any atom is -0.393 e. The fourth-order valence-corrected chi connectivity index (χ4v) is 4.05. The quantitative estimate of drug-likeness (QED) is 0.817. The summed E-state index contributed by atoms with van der Waals surface area (Å²) in [7, 11) is 0. The van der Waals surface area contributed by atoms with E-state index in [1.165, 1.54) is 25.8 Å². The number of aliphatic hydroxyl groups is 1. The first-order chi connectivity index (χ1) is 8.47. The molecule has 2 heteroatoms. The van der Waals surface area contributed by atoms with E-state index in [4.69, 9.17) is 0 Å². The Hall–Kier alpha value is -0.0800.